The molecule has 1 heterocycles. The molecule has 0 aliphatic carbocycles. The van der Waals surface area contributed by atoms with E-state index >= 15 is 0 Å². The number of esters is 1. The number of hydrogen-bond acceptors (Lipinski definition) is 5. The zero-order valence-corrected chi connectivity index (χ0v) is 11.9. The Labute approximate surface area is 120 Å². The van der Waals surface area contributed by atoms with E-state index in [2.05, 4.69) is 25.9 Å². The Morgan fingerprint density at radius 3 is 2.89 bits per heavy atom. The molecule has 19 heavy (non-hydrogen) atoms. The van der Waals surface area contributed by atoms with Crippen LogP contribution >= 0.6 is 27.5 Å². The Morgan fingerprint density at radius 2 is 2.26 bits per heavy atom. The molecule has 0 amide bonds. The van der Waals surface area contributed by atoms with Gasteiger partial charge in [-0.15, -0.1) is 0 Å². The molecule has 2 rings (SSSR count). The Kier molecular flexibility index (Phi) is 3.86. The zero-order valence-electron chi connectivity index (χ0n) is 9.58. The maximum atomic E-state index is 14.0. The standard InChI is InChI=1S/C11H7BrClFN2O3/c1-2-19-11(18)9-15-8-4(10(17)16-9)3-5(13)6(12)7(8)14/h3H,2H2,1H3,(H,15,16,17). The number of aromatic hydroxyl groups is 1. The van der Waals surface area contributed by atoms with Gasteiger partial charge < -0.3 is 9.84 Å². The number of fused-ring (bicyclic) bond motifs is 1. The van der Waals surface area contributed by atoms with Gasteiger partial charge in [0.15, 0.2) is 5.82 Å². The summed E-state index contributed by atoms with van der Waals surface area (Å²) in [5, 5.41) is 9.78. The average molecular weight is 350 g/mol. The molecule has 1 N–H and O–H groups in total. The highest BCUT2D eigenvalue weighted by molar-refractivity contribution is 9.10. The molecule has 0 aliphatic heterocycles. The van der Waals surface area contributed by atoms with Gasteiger partial charge in [0.1, 0.15) is 5.52 Å². The van der Waals surface area contributed by atoms with Gasteiger partial charge in [-0.3, -0.25) is 0 Å². The molecule has 0 radical (unpaired) electrons. The lowest BCUT2D eigenvalue weighted by atomic mass is 10.2. The lowest BCUT2D eigenvalue weighted by Crippen LogP contribution is -2.10. The van der Waals surface area contributed by atoms with Crippen LogP contribution in [0.1, 0.15) is 17.5 Å². The number of carbonyl (C=O) groups is 1. The second-order valence-electron chi connectivity index (χ2n) is 3.47. The first-order valence-corrected chi connectivity index (χ1v) is 6.34. The molecule has 2 aromatic rings. The van der Waals surface area contributed by atoms with E-state index in [-0.39, 0.29) is 27.0 Å². The molecule has 0 aliphatic rings. The predicted octanol–water partition coefficient (Wildman–Crippen LogP) is 3.07. The van der Waals surface area contributed by atoms with Crippen LogP contribution in [0.25, 0.3) is 10.9 Å². The van der Waals surface area contributed by atoms with Crippen LogP contribution in [0.2, 0.25) is 5.02 Å². The van der Waals surface area contributed by atoms with Crippen molar-refractivity contribution in [3.8, 4) is 5.88 Å². The van der Waals surface area contributed by atoms with Crippen molar-refractivity contribution in [2.45, 2.75) is 6.92 Å². The minimum absolute atomic E-state index is 0.00502. The largest absolute Gasteiger partial charge is 0.493 e. The first kappa shape index (κ1) is 14.0. The fraction of sp³-hybridized carbons (Fsp3) is 0.182. The van der Waals surface area contributed by atoms with Crippen molar-refractivity contribution in [1.82, 2.24) is 9.97 Å². The van der Waals surface area contributed by atoms with E-state index in [0.29, 0.717) is 0 Å². The Hall–Kier alpha value is -1.47. The summed E-state index contributed by atoms with van der Waals surface area (Å²) in [6, 6.07) is 1.30. The van der Waals surface area contributed by atoms with Gasteiger partial charge in [0.05, 0.1) is 21.5 Å². The molecule has 0 unspecified atom stereocenters. The lowest BCUT2D eigenvalue weighted by Gasteiger charge is -2.07. The SMILES string of the molecule is CCOC(=O)c1nc(O)c2cc(Cl)c(Br)c(F)c2n1. The molecule has 0 bridgehead atoms. The van der Waals surface area contributed by atoms with Crippen molar-refractivity contribution in [2.75, 3.05) is 6.61 Å². The topological polar surface area (TPSA) is 72.3 Å². The highest BCUT2D eigenvalue weighted by Crippen LogP contribution is 2.34. The highest BCUT2D eigenvalue weighted by Gasteiger charge is 2.19. The van der Waals surface area contributed by atoms with Crippen molar-refractivity contribution in [2.24, 2.45) is 0 Å². The van der Waals surface area contributed by atoms with Gasteiger partial charge in [0, 0.05) is 0 Å². The minimum Gasteiger partial charge on any atom is -0.493 e. The number of rotatable bonds is 2. The molecule has 1 aromatic carbocycles. The van der Waals surface area contributed by atoms with E-state index in [1.807, 2.05) is 0 Å². The lowest BCUT2D eigenvalue weighted by molar-refractivity contribution is 0.0511. The first-order valence-electron chi connectivity index (χ1n) is 5.17. The molecular weight excluding hydrogens is 342 g/mol. The van der Waals surface area contributed by atoms with Crippen molar-refractivity contribution in [1.29, 1.82) is 0 Å². The van der Waals surface area contributed by atoms with Crippen LogP contribution in [0.15, 0.2) is 10.5 Å². The number of aromatic nitrogens is 2. The van der Waals surface area contributed by atoms with Crippen LogP contribution in [0, 0.1) is 5.82 Å². The number of carbonyl (C=O) groups excluding carboxylic acids is 1. The molecule has 0 saturated carbocycles. The van der Waals surface area contributed by atoms with Crippen molar-refractivity contribution in [3.63, 3.8) is 0 Å². The molecule has 0 saturated heterocycles. The minimum atomic E-state index is -0.842. The molecule has 5 nitrogen and oxygen atoms in total. The van der Waals surface area contributed by atoms with Crippen LogP contribution in [0.4, 0.5) is 4.39 Å². The third-order valence-electron chi connectivity index (χ3n) is 2.26. The van der Waals surface area contributed by atoms with Crippen LogP contribution in [0.5, 0.6) is 5.88 Å². The fourth-order valence-electron chi connectivity index (χ4n) is 1.44. The molecule has 0 fully saturated rings. The average Bonchev–Trinajstić information content (AvgIpc) is 2.37. The summed E-state index contributed by atoms with van der Waals surface area (Å²) in [6.07, 6.45) is 0. The van der Waals surface area contributed by atoms with Crippen molar-refractivity contribution >= 4 is 44.4 Å². The maximum absolute atomic E-state index is 14.0. The Bertz CT molecular complexity index is 681. The summed E-state index contributed by atoms with van der Waals surface area (Å²) in [5.74, 6) is -2.59. The van der Waals surface area contributed by atoms with E-state index in [1.54, 1.807) is 6.92 Å². The van der Waals surface area contributed by atoms with Gasteiger partial charge in [0.2, 0.25) is 11.7 Å². The van der Waals surface area contributed by atoms with Gasteiger partial charge in [-0.2, -0.15) is 4.98 Å². The molecular formula is C11H7BrClFN2O3. The normalized spacial score (nSPS) is 10.7. The van der Waals surface area contributed by atoms with Gasteiger partial charge in [0.25, 0.3) is 0 Å². The predicted molar refractivity (Wildman–Crippen MR) is 69.8 cm³/mol. The van der Waals surface area contributed by atoms with Crippen LogP contribution in [0.3, 0.4) is 0 Å². The number of benzene rings is 1. The van der Waals surface area contributed by atoms with Crippen LogP contribution in [-0.4, -0.2) is 27.7 Å². The molecule has 1 aromatic heterocycles. The van der Waals surface area contributed by atoms with E-state index in [0.717, 1.165) is 0 Å². The third kappa shape index (κ3) is 2.48. The monoisotopic (exact) mass is 348 g/mol. The van der Waals surface area contributed by atoms with Crippen LogP contribution in [-0.2, 0) is 4.74 Å². The first-order chi connectivity index (χ1) is 8.95. The highest BCUT2D eigenvalue weighted by atomic mass is 79.9. The number of hydrogen-bond donors (Lipinski definition) is 1. The second kappa shape index (κ2) is 5.26. The van der Waals surface area contributed by atoms with E-state index < -0.39 is 23.5 Å². The Balaban J connectivity index is 2.72. The summed E-state index contributed by atoms with van der Waals surface area (Å²) < 4.78 is 18.7. The number of ether oxygens (including phenoxy) is 1. The summed E-state index contributed by atoms with van der Waals surface area (Å²) in [7, 11) is 0. The summed E-state index contributed by atoms with van der Waals surface area (Å²) in [4.78, 5) is 18.8. The quantitative estimate of drug-likeness (QED) is 0.666. The van der Waals surface area contributed by atoms with Gasteiger partial charge >= 0.3 is 5.97 Å². The van der Waals surface area contributed by atoms with Crippen molar-refractivity contribution < 1.29 is 19.0 Å². The van der Waals surface area contributed by atoms with Gasteiger partial charge in [-0.05, 0) is 28.9 Å². The summed E-state index contributed by atoms with van der Waals surface area (Å²) >= 11 is 8.72. The molecule has 100 valence electrons. The summed E-state index contributed by atoms with van der Waals surface area (Å²) in [5.41, 5.74) is -0.216. The fourth-order valence-corrected chi connectivity index (χ4v) is 1.94. The van der Waals surface area contributed by atoms with Crippen molar-refractivity contribution in [3.05, 3.63) is 27.2 Å². The second-order valence-corrected chi connectivity index (χ2v) is 4.67. The molecule has 0 spiro atoms. The summed E-state index contributed by atoms with van der Waals surface area (Å²) in [6.45, 7) is 1.73. The van der Waals surface area contributed by atoms with Gasteiger partial charge in [-0.1, -0.05) is 11.6 Å². The van der Waals surface area contributed by atoms with E-state index in [4.69, 9.17) is 16.3 Å². The molecule has 0 atom stereocenters. The smallest absolute Gasteiger partial charge is 0.376 e. The number of nitrogens with zero attached hydrogens (tertiary/aromatic N) is 2. The number of halogens is 3. The third-order valence-corrected chi connectivity index (χ3v) is 3.57. The van der Waals surface area contributed by atoms with E-state index in [1.165, 1.54) is 6.07 Å². The Morgan fingerprint density at radius 1 is 1.58 bits per heavy atom. The van der Waals surface area contributed by atoms with Gasteiger partial charge in [-0.25, -0.2) is 14.2 Å². The zero-order chi connectivity index (χ0) is 14.2. The van der Waals surface area contributed by atoms with E-state index in [9.17, 15) is 14.3 Å². The maximum Gasteiger partial charge on any atom is 0.376 e. The van der Waals surface area contributed by atoms with Crippen LogP contribution < -0.4 is 0 Å². The molecule has 8 heteroatoms.